The first kappa shape index (κ1) is 22.6. The molecule has 176 valence electrons. The molecule has 0 atom stereocenters. The average molecular weight is 499 g/mol. The van der Waals surface area contributed by atoms with Crippen molar-refractivity contribution in [2.24, 2.45) is 14.1 Å². The third-order valence-corrected chi connectivity index (χ3v) is 6.95. The number of imidazole rings is 1. The van der Waals surface area contributed by atoms with Crippen molar-refractivity contribution in [3.05, 3.63) is 85.0 Å². The van der Waals surface area contributed by atoms with Crippen LogP contribution in [0.1, 0.15) is 5.56 Å². The van der Waals surface area contributed by atoms with Gasteiger partial charge in [0, 0.05) is 56.0 Å². The first-order valence-corrected chi connectivity index (χ1v) is 11.8. The Kier molecular flexibility index (Phi) is 5.87. The Bertz CT molecular complexity index is 1500. The van der Waals surface area contributed by atoms with Gasteiger partial charge in [0.25, 0.3) is 5.56 Å². The Labute approximate surface area is 206 Å². The fraction of sp³-hybridized carbons (Fsp3) is 0.292. The summed E-state index contributed by atoms with van der Waals surface area (Å²) in [4.78, 5) is 35.0. The summed E-state index contributed by atoms with van der Waals surface area (Å²) in [5.41, 5.74) is 1.93. The normalized spacial score (nSPS) is 14.2. The first-order valence-electron chi connectivity index (χ1n) is 11.0. The summed E-state index contributed by atoms with van der Waals surface area (Å²) in [6.45, 7) is 3.31. The highest BCUT2D eigenvalue weighted by atomic mass is 35.5. The van der Waals surface area contributed by atoms with Gasteiger partial charge in [-0.05, 0) is 29.8 Å². The zero-order valence-electron chi connectivity index (χ0n) is 18.9. The van der Waals surface area contributed by atoms with Crippen LogP contribution in [0.25, 0.3) is 11.2 Å². The maximum atomic E-state index is 13.2. The van der Waals surface area contributed by atoms with Crippen LogP contribution in [0.2, 0.25) is 10.0 Å². The van der Waals surface area contributed by atoms with E-state index in [0.29, 0.717) is 46.8 Å². The van der Waals surface area contributed by atoms with Crippen LogP contribution in [0.5, 0.6) is 0 Å². The molecule has 3 heterocycles. The Morgan fingerprint density at radius 1 is 0.882 bits per heavy atom. The molecule has 1 fully saturated rings. The van der Waals surface area contributed by atoms with Crippen LogP contribution in [-0.2, 0) is 20.6 Å². The molecule has 0 radical (unpaired) electrons. The van der Waals surface area contributed by atoms with Crippen molar-refractivity contribution in [3.63, 3.8) is 0 Å². The van der Waals surface area contributed by atoms with E-state index in [9.17, 15) is 9.59 Å². The second kappa shape index (κ2) is 8.85. The van der Waals surface area contributed by atoms with Crippen LogP contribution < -0.4 is 21.0 Å². The minimum absolute atomic E-state index is 0.368. The van der Waals surface area contributed by atoms with Crippen molar-refractivity contribution >= 4 is 46.0 Å². The maximum absolute atomic E-state index is 13.2. The van der Waals surface area contributed by atoms with Gasteiger partial charge in [0.15, 0.2) is 11.2 Å². The van der Waals surface area contributed by atoms with Crippen LogP contribution >= 0.6 is 23.2 Å². The average Bonchev–Trinajstić information content (AvgIpc) is 3.22. The number of halogens is 2. The zero-order chi connectivity index (χ0) is 24.0. The number of rotatable bonds is 4. The molecule has 5 rings (SSSR count). The number of nitrogens with zero attached hydrogens (tertiary/aromatic N) is 6. The molecule has 0 saturated carbocycles. The minimum atomic E-state index is -0.405. The van der Waals surface area contributed by atoms with E-state index in [-0.39, 0.29) is 5.56 Å². The molecule has 10 heteroatoms. The molecular weight excluding hydrogens is 475 g/mol. The van der Waals surface area contributed by atoms with Crippen LogP contribution in [0.4, 0.5) is 11.6 Å². The van der Waals surface area contributed by atoms with Gasteiger partial charge in [-0.3, -0.25) is 18.5 Å². The molecule has 2 aromatic heterocycles. The highest BCUT2D eigenvalue weighted by molar-refractivity contribution is 6.31. The molecule has 0 unspecified atom stereocenters. The van der Waals surface area contributed by atoms with Crippen molar-refractivity contribution in [2.45, 2.75) is 6.54 Å². The van der Waals surface area contributed by atoms with E-state index in [0.717, 1.165) is 28.9 Å². The van der Waals surface area contributed by atoms with Crippen molar-refractivity contribution < 1.29 is 0 Å². The molecule has 34 heavy (non-hydrogen) atoms. The summed E-state index contributed by atoms with van der Waals surface area (Å²) in [6.07, 6.45) is 0. The van der Waals surface area contributed by atoms with Gasteiger partial charge in [-0.2, -0.15) is 4.98 Å². The van der Waals surface area contributed by atoms with E-state index in [4.69, 9.17) is 28.2 Å². The summed E-state index contributed by atoms with van der Waals surface area (Å²) in [5.74, 6) is 0.652. The topological polar surface area (TPSA) is 68.3 Å². The quantitative estimate of drug-likeness (QED) is 0.432. The number of benzene rings is 2. The molecule has 1 aliphatic heterocycles. The van der Waals surface area contributed by atoms with E-state index in [1.807, 2.05) is 53.1 Å². The van der Waals surface area contributed by atoms with Gasteiger partial charge in [0.05, 0.1) is 6.54 Å². The number of hydrogen-bond acceptors (Lipinski definition) is 5. The Morgan fingerprint density at radius 2 is 1.59 bits per heavy atom. The van der Waals surface area contributed by atoms with Gasteiger partial charge in [-0.1, -0.05) is 47.5 Å². The van der Waals surface area contributed by atoms with E-state index in [1.165, 1.54) is 11.6 Å². The highest BCUT2D eigenvalue weighted by Gasteiger charge is 2.26. The van der Waals surface area contributed by atoms with E-state index in [2.05, 4.69) is 9.80 Å². The predicted molar refractivity (Wildman–Crippen MR) is 137 cm³/mol. The van der Waals surface area contributed by atoms with Crippen LogP contribution in [0.15, 0.2) is 58.1 Å². The second-order valence-corrected chi connectivity index (χ2v) is 9.26. The lowest BCUT2D eigenvalue weighted by atomic mass is 10.2. The molecule has 0 spiro atoms. The molecule has 2 aromatic carbocycles. The van der Waals surface area contributed by atoms with Gasteiger partial charge in [-0.25, -0.2) is 4.79 Å². The summed E-state index contributed by atoms with van der Waals surface area (Å²) in [5, 5.41) is 1.32. The first-order chi connectivity index (χ1) is 16.3. The molecule has 0 bridgehead atoms. The Balaban J connectivity index is 1.57. The monoisotopic (exact) mass is 498 g/mol. The van der Waals surface area contributed by atoms with Gasteiger partial charge in [-0.15, -0.1) is 0 Å². The Hall–Kier alpha value is -3.23. The largest absolute Gasteiger partial charge is 0.368 e. The van der Waals surface area contributed by atoms with Gasteiger partial charge in [0.1, 0.15) is 0 Å². The number of piperazine rings is 1. The molecule has 0 amide bonds. The van der Waals surface area contributed by atoms with Crippen molar-refractivity contribution in [1.29, 1.82) is 0 Å². The number of aryl methyl sites for hydroxylation is 1. The van der Waals surface area contributed by atoms with Crippen molar-refractivity contribution in [3.8, 4) is 0 Å². The lowest BCUT2D eigenvalue weighted by Gasteiger charge is -2.36. The summed E-state index contributed by atoms with van der Waals surface area (Å²) >= 11 is 12.6. The molecule has 1 saturated heterocycles. The molecule has 0 N–H and O–H groups in total. The number of fused-ring (bicyclic) bond motifs is 1. The second-order valence-electron chi connectivity index (χ2n) is 8.42. The molecule has 4 aromatic rings. The van der Waals surface area contributed by atoms with Gasteiger partial charge >= 0.3 is 5.69 Å². The van der Waals surface area contributed by atoms with Crippen LogP contribution in [-0.4, -0.2) is 44.9 Å². The number of hydrogen-bond donors (Lipinski definition) is 0. The predicted octanol–water partition coefficient (Wildman–Crippen LogP) is 3.12. The third-order valence-electron chi connectivity index (χ3n) is 6.35. The fourth-order valence-corrected chi connectivity index (χ4v) is 4.84. The molecule has 8 nitrogen and oxygen atoms in total. The van der Waals surface area contributed by atoms with Crippen molar-refractivity contribution in [2.75, 3.05) is 36.0 Å². The summed E-state index contributed by atoms with van der Waals surface area (Å²) in [6, 6.07) is 15.4. The Morgan fingerprint density at radius 3 is 2.29 bits per heavy atom. The zero-order valence-corrected chi connectivity index (χ0v) is 20.4. The van der Waals surface area contributed by atoms with Crippen LogP contribution in [0, 0.1) is 0 Å². The van der Waals surface area contributed by atoms with Crippen molar-refractivity contribution in [1.82, 2.24) is 18.7 Å². The number of aromatic nitrogens is 4. The molecular formula is C24H24Cl2N6O2. The molecule has 1 aliphatic rings. The van der Waals surface area contributed by atoms with Gasteiger partial charge < -0.3 is 9.80 Å². The molecule has 0 aliphatic carbocycles. The lowest BCUT2D eigenvalue weighted by molar-refractivity contribution is 0.625. The third kappa shape index (κ3) is 3.86. The number of anilines is 2. The SMILES string of the molecule is Cn1c(=O)c2c(nc(N3CCN(c4cccc(Cl)c4)CC3)n2Cc2ccccc2Cl)n(C)c1=O. The van der Waals surface area contributed by atoms with Crippen LogP contribution in [0.3, 0.4) is 0 Å². The maximum Gasteiger partial charge on any atom is 0.332 e. The summed E-state index contributed by atoms with van der Waals surface area (Å²) in [7, 11) is 3.12. The lowest BCUT2D eigenvalue weighted by Crippen LogP contribution is -2.47. The highest BCUT2D eigenvalue weighted by Crippen LogP contribution is 2.27. The minimum Gasteiger partial charge on any atom is -0.368 e. The summed E-state index contributed by atoms with van der Waals surface area (Å²) < 4.78 is 4.42. The van der Waals surface area contributed by atoms with E-state index < -0.39 is 5.69 Å². The standard InChI is InChI=1S/C24H24Cl2N6O2/c1-28-21-20(22(33)29(2)24(28)34)32(15-16-6-3-4-9-19(16)26)23(27-21)31-12-10-30(11-13-31)18-8-5-7-17(25)14-18/h3-9,14H,10-13,15H2,1-2H3. The van der Waals surface area contributed by atoms with E-state index >= 15 is 0 Å². The fourth-order valence-electron chi connectivity index (χ4n) is 4.46. The van der Waals surface area contributed by atoms with E-state index in [1.54, 1.807) is 7.05 Å². The smallest absolute Gasteiger partial charge is 0.332 e. The van der Waals surface area contributed by atoms with Gasteiger partial charge in [0.2, 0.25) is 5.95 Å².